The Morgan fingerprint density at radius 3 is 2.64 bits per heavy atom. The maximum atomic E-state index is 12.2. The van der Waals surface area contributed by atoms with E-state index in [9.17, 15) is 14.9 Å². The molecule has 0 atom stereocenters. The Balaban J connectivity index is 2.72. The van der Waals surface area contributed by atoms with E-state index >= 15 is 0 Å². The summed E-state index contributed by atoms with van der Waals surface area (Å²) in [6.45, 7) is 5.19. The second-order valence-corrected chi connectivity index (χ2v) is 5.83. The van der Waals surface area contributed by atoms with Crippen LogP contribution < -0.4 is 10.1 Å². The van der Waals surface area contributed by atoms with Crippen LogP contribution in [0, 0.1) is 15.5 Å². The topological polar surface area (TPSA) is 94.4 Å². The molecule has 0 aliphatic carbocycles. The van der Waals surface area contributed by atoms with Gasteiger partial charge in [-0.15, -0.1) is 0 Å². The van der Waals surface area contributed by atoms with Gasteiger partial charge in [0.1, 0.15) is 17.0 Å². The van der Waals surface area contributed by atoms with E-state index in [1.54, 1.807) is 32.9 Å². The second kappa shape index (κ2) is 5.59. The van der Waals surface area contributed by atoms with Gasteiger partial charge in [-0.25, -0.2) is 0 Å². The van der Waals surface area contributed by atoms with E-state index in [1.807, 2.05) is 0 Å². The van der Waals surface area contributed by atoms with Crippen LogP contribution in [0.15, 0.2) is 24.4 Å². The molecule has 1 N–H and O–H groups in total. The average Bonchev–Trinajstić information content (AvgIpc) is 2.46. The number of methoxy groups -OCH3 is 1. The average molecular weight is 303 g/mol. The highest BCUT2D eigenvalue weighted by Crippen LogP contribution is 2.38. The molecule has 1 aromatic carbocycles. The number of carbonyl (C=O) groups is 1. The summed E-state index contributed by atoms with van der Waals surface area (Å²) in [5.41, 5.74) is -0.525. The van der Waals surface area contributed by atoms with E-state index in [1.165, 1.54) is 19.4 Å². The summed E-state index contributed by atoms with van der Waals surface area (Å²) in [5.74, 6) is 0.0104. The summed E-state index contributed by atoms with van der Waals surface area (Å²) < 4.78 is 5.19. The molecule has 116 valence electrons. The summed E-state index contributed by atoms with van der Waals surface area (Å²) >= 11 is 0. The molecule has 2 aromatic rings. The molecule has 1 amide bonds. The first-order valence-corrected chi connectivity index (χ1v) is 6.67. The largest absolute Gasteiger partial charge is 0.496 e. The molecule has 0 saturated carbocycles. The number of nitrogens with zero attached hydrogens (tertiary/aromatic N) is 2. The molecule has 22 heavy (non-hydrogen) atoms. The van der Waals surface area contributed by atoms with E-state index in [0.717, 1.165) is 0 Å². The van der Waals surface area contributed by atoms with Gasteiger partial charge in [-0.05, 0) is 12.1 Å². The Labute approximate surface area is 127 Å². The van der Waals surface area contributed by atoms with Crippen molar-refractivity contribution in [1.82, 2.24) is 4.98 Å². The van der Waals surface area contributed by atoms with Gasteiger partial charge in [0.15, 0.2) is 0 Å². The molecule has 0 unspecified atom stereocenters. The van der Waals surface area contributed by atoms with Gasteiger partial charge in [0.2, 0.25) is 5.91 Å². The molecule has 2 rings (SSSR count). The number of hydrogen-bond donors (Lipinski definition) is 1. The molecule has 1 heterocycles. The molecular weight excluding hydrogens is 286 g/mol. The minimum absolute atomic E-state index is 0.0846. The number of benzene rings is 1. The molecule has 1 aromatic heterocycles. The van der Waals surface area contributed by atoms with E-state index in [4.69, 9.17) is 4.74 Å². The molecule has 0 radical (unpaired) electrons. The Morgan fingerprint density at radius 1 is 1.41 bits per heavy atom. The van der Waals surface area contributed by atoms with Crippen molar-refractivity contribution in [2.45, 2.75) is 20.8 Å². The number of anilines is 1. The molecule has 0 aliphatic rings. The number of rotatable bonds is 3. The van der Waals surface area contributed by atoms with Crippen molar-refractivity contribution in [2.24, 2.45) is 5.41 Å². The number of ether oxygens (including phenoxy) is 1. The molecule has 0 saturated heterocycles. The first-order valence-electron chi connectivity index (χ1n) is 6.67. The molecule has 7 heteroatoms. The van der Waals surface area contributed by atoms with Gasteiger partial charge in [-0.2, -0.15) is 0 Å². The summed E-state index contributed by atoms with van der Waals surface area (Å²) in [7, 11) is 1.43. The Bertz CT molecular complexity index is 750. The fraction of sp³-hybridized carbons (Fsp3) is 0.333. The highest BCUT2D eigenvalue weighted by atomic mass is 16.6. The van der Waals surface area contributed by atoms with E-state index in [0.29, 0.717) is 16.7 Å². The Hall–Kier alpha value is -2.70. The first-order chi connectivity index (χ1) is 10.3. The lowest BCUT2D eigenvalue weighted by molar-refractivity contribution is -0.383. The number of nitro benzene ring substituents is 1. The number of nitro groups is 1. The SMILES string of the molecule is COc1cc([N+](=O)[O-])c(NC(=O)C(C)(C)C)c2ncccc12. The van der Waals surface area contributed by atoms with Gasteiger partial charge in [-0.1, -0.05) is 20.8 Å². The van der Waals surface area contributed by atoms with Crippen LogP contribution >= 0.6 is 0 Å². The predicted octanol–water partition coefficient (Wildman–Crippen LogP) is 3.14. The van der Waals surface area contributed by atoms with Crippen LogP contribution in [0.1, 0.15) is 20.8 Å². The van der Waals surface area contributed by atoms with Gasteiger partial charge in [-0.3, -0.25) is 19.9 Å². The molecule has 0 bridgehead atoms. The molecule has 0 spiro atoms. The van der Waals surface area contributed by atoms with Crippen LogP contribution in [0.5, 0.6) is 5.75 Å². The van der Waals surface area contributed by atoms with Crippen molar-refractivity contribution in [2.75, 3.05) is 12.4 Å². The number of hydrogen-bond acceptors (Lipinski definition) is 5. The highest BCUT2D eigenvalue weighted by molar-refractivity contribution is 6.07. The minimum Gasteiger partial charge on any atom is -0.496 e. The van der Waals surface area contributed by atoms with Crippen molar-refractivity contribution < 1.29 is 14.5 Å². The van der Waals surface area contributed by atoms with Crippen molar-refractivity contribution in [3.05, 3.63) is 34.5 Å². The normalized spacial score (nSPS) is 11.3. The zero-order valence-corrected chi connectivity index (χ0v) is 12.8. The second-order valence-electron chi connectivity index (χ2n) is 5.83. The summed E-state index contributed by atoms with van der Waals surface area (Å²) in [5, 5.41) is 14.6. The predicted molar refractivity (Wildman–Crippen MR) is 83.0 cm³/mol. The maximum Gasteiger partial charge on any atom is 0.298 e. The number of aromatic nitrogens is 1. The van der Waals surface area contributed by atoms with Crippen LogP contribution in [0.3, 0.4) is 0 Å². The molecule has 0 aliphatic heterocycles. The fourth-order valence-corrected chi connectivity index (χ4v) is 1.94. The van der Waals surface area contributed by atoms with Gasteiger partial charge < -0.3 is 10.1 Å². The van der Waals surface area contributed by atoms with Crippen LogP contribution in [-0.2, 0) is 4.79 Å². The summed E-state index contributed by atoms with van der Waals surface area (Å²) in [6, 6.07) is 4.73. The maximum absolute atomic E-state index is 12.2. The Kier molecular flexibility index (Phi) is 3.99. The number of nitrogens with one attached hydrogen (secondary N) is 1. The van der Waals surface area contributed by atoms with Crippen LogP contribution in [0.4, 0.5) is 11.4 Å². The Morgan fingerprint density at radius 2 is 2.09 bits per heavy atom. The van der Waals surface area contributed by atoms with E-state index in [2.05, 4.69) is 10.3 Å². The zero-order valence-electron chi connectivity index (χ0n) is 12.8. The number of amides is 1. The van der Waals surface area contributed by atoms with Crippen molar-refractivity contribution in [3.63, 3.8) is 0 Å². The number of pyridine rings is 1. The molecule has 7 nitrogen and oxygen atoms in total. The quantitative estimate of drug-likeness (QED) is 0.694. The van der Waals surface area contributed by atoms with Gasteiger partial charge in [0.25, 0.3) is 5.69 Å². The lowest BCUT2D eigenvalue weighted by Gasteiger charge is -2.18. The van der Waals surface area contributed by atoms with Crippen LogP contribution in [-0.4, -0.2) is 22.9 Å². The van der Waals surface area contributed by atoms with E-state index in [-0.39, 0.29) is 17.3 Å². The first kappa shape index (κ1) is 15.7. The number of fused-ring (bicyclic) bond motifs is 1. The smallest absolute Gasteiger partial charge is 0.298 e. The third-order valence-corrected chi connectivity index (χ3v) is 3.17. The van der Waals surface area contributed by atoms with Crippen LogP contribution in [0.25, 0.3) is 10.9 Å². The number of carbonyl (C=O) groups excluding carboxylic acids is 1. The van der Waals surface area contributed by atoms with Crippen LogP contribution in [0.2, 0.25) is 0 Å². The third-order valence-electron chi connectivity index (χ3n) is 3.17. The monoisotopic (exact) mass is 303 g/mol. The fourth-order valence-electron chi connectivity index (χ4n) is 1.94. The summed E-state index contributed by atoms with van der Waals surface area (Å²) in [4.78, 5) is 27.2. The van der Waals surface area contributed by atoms with Crippen molar-refractivity contribution >= 4 is 28.2 Å². The third kappa shape index (κ3) is 2.83. The van der Waals surface area contributed by atoms with Crippen molar-refractivity contribution in [1.29, 1.82) is 0 Å². The van der Waals surface area contributed by atoms with E-state index < -0.39 is 10.3 Å². The summed E-state index contributed by atoms with van der Waals surface area (Å²) in [6.07, 6.45) is 1.51. The lowest BCUT2D eigenvalue weighted by atomic mass is 9.95. The standard InChI is InChI=1S/C15H17N3O4/c1-15(2,3)14(19)17-13-10(18(20)21)8-11(22-4)9-6-5-7-16-12(9)13/h5-8H,1-4H3,(H,17,19). The van der Waals surface area contributed by atoms with Gasteiger partial charge >= 0.3 is 0 Å². The van der Waals surface area contributed by atoms with Gasteiger partial charge in [0.05, 0.1) is 18.1 Å². The molecule has 0 fully saturated rings. The zero-order chi connectivity index (χ0) is 16.5. The minimum atomic E-state index is -0.686. The van der Waals surface area contributed by atoms with Crippen molar-refractivity contribution in [3.8, 4) is 5.75 Å². The highest BCUT2D eigenvalue weighted by Gasteiger charge is 2.27. The van der Waals surface area contributed by atoms with Gasteiger partial charge in [0, 0.05) is 17.0 Å². The lowest BCUT2D eigenvalue weighted by Crippen LogP contribution is -2.28. The molecular formula is C15H17N3O4.